The summed E-state index contributed by atoms with van der Waals surface area (Å²) in [6.45, 7) is 0.0997. The topological polar surface area (TPSA) is 64.3 Å². The van der Waals surface area contributed by atoms with E-state index >= 15 is 0 Å². The number of nitrogens with two attached hydrogens (primary N) is 1. The SMILES string of the molecule is NNC(=O)c1ccc(-c2ccccc2COc2cccc(C(F)(F)F)c2)cc1. The van der Waals surface area contributed by atoms with E-state index in [1.54, 1.807) is 24.3 Å². The molecule has 0 atom stereocenters. The van der Waals surface area contributed by atoms with Crippen molar-refractivity contribution in [2.75, 3.05) is 0 Å². The molecule has 1 amide bonds. The zero-order valence-electron chi connectivity index (χ0n) is 14.7. The van der Waals surface area contributed by atoms with Crippen LogP contribution in [-0.4, -0.2) is 5.91 Å². The summed E-state index contributed by atoms with van der Waals surface area (Å²) in [7, 11) is 0. The van der Waals surface area contributed by atoms with Gasteiger partial charge in [0.05, 0.1) is 5.56 Å². The van der Waals surface area contributed by atoms with E-state index < -0.39 is 17.6 Å². The zero-order valence-corrected chi connectivity index (χ0v) is 14.7. The van der Waals surface area contributed by atoms with Crippen LogP contribution in [-0.2, 0) is 12.8 Å². The number of rotatable bonds is 5. The maximum absolute atomic E-state index is 12.8. The number of ether oxygens (including phenoxy) is 1. The first-order chi connectivity index (χ1) is 13.4. The Kier molecular flexibility index (Phi) is 5.65. The van der Waals surface area contributed by atoms with E-state index in [0.29, 0.717) is 5.56 Å². The molecule has 0 aromatic heterocycles. The normalized spacial score (nSPS) is 11.1. The maximum atomic E-state index is 12.8. The molecule has 0 spiro atoms. The van der Waals surface area contributed by atoms with Gasteiger partial charge in [0, 0.05) is 5.56 Å². The molecule has 0 aliphatic heterocycles. The third-order valence-electron chi connectivity index (χ3n) is 4.16. The number of carbonyl (C=O) groups excluding carboxylic acids is 1. The first-order valence-corrected chi connectivity index (χ1v) is 8.38. The van der Waals surface area contributed by atoms with Crippen LogP contribution >= 0.6 is 0 Å². The fourth-order valence-electron chi connectivity index (χ4n) is 2.74. The molecule has 0 saturated heterocycles. The maximum Gasteiger partial charge on any atom is 0.416 e. The van der Waals surface area contributed by atoms with Crippen LogP contribution in [0.5, 0.6) is 5.75 Å². The molecule has 0 fully saturated rings. The summed E-state index contributed by atoms with van der Waals surface area (Å²) in [5.41, 5.74) is 4.23. The van der Waals surface area contributed by atoms with E-state index in [-0.39, 0.29) is 12.4 Å². The van der Waals surface area contributed by atoms with Gasteiger partial charge in [-0.15, -0.1) is 0 Å². The van der Waals surface area contributed by atoms with Gasteiger partial charge in [-0.2, -0.15) is 13.2 Å². The predicted octanol–water partition coefficient (Wildman–Crippen LogP) is 4.55. The molecule has 3 aromatic carbocycles. The molecule has 28 heavy (non-hydrogen) atoms. The van der Waals surface area contributed by atoms with Crippen molar-refractivity contribution in [1.29, 1.82) is 0 Å². The number of hydrazine groups is 1. The largest absolute Gasteiger partial charge is 0.489 e. The fourth-order valence-corrected chi connectivity index (χ4v) is 2.74. The molecule has 0 bridgehead atoms. The van der Waals surface area contributed by atoms with E-state index in [9.17, 15) is 18.0 Å². The number of amides is 1. The lowest BCUT2D eigenvalue weighted by atomic mass is 9.99. The fraction of sp³-hybridized carbons (Fsp3) is 0.0952. The van der Waals surface area contributed by atoms with E-state index in [1.165, 1.54) is 12.1 Å². The van der Waals surface area contributed by atoms with Crippen LogP contribution < -0.4 is 16.0 Å². The molecule has 0 unspecified atom stereocenters. The Balaban J connectivity index is 1.81. The minimum absolute atomic E-state index is 0.0997. The van der Waals surface area contributed by atoms with Crippen molar-refractivity contribution in [3.8, 4) is 16.9 Å². The smallest absolute Gasteiger partial charge is 0.416 e. The van der Waals surface area contributed by atoms with Gasteiger partial charge in [0.25, 0.3) is 5.91 Å². The van der Waals surface area contributed by atoms with Gasteiger partial charge in [0.15, 0.2) is 0 Å². The number of benzene rings is 3. The van der Waals surface area contributed by atoms with Gasteiger partial charge in [-0.05, 0) is 47.0 Å². The van der Waals surface area contributed by atoms with Gasteiger partial charge in [0.2, 0.25) is 0 Å². The molecular weight excluding hydrogens is 369 g/mol. The predicted molar refractivity (Wildman–Crippen MR) is 99.3 cm³/mol. The first kappa shape index (κ1) is 19.4. The summed E-state index contributed by atoms with van der Waals surface area (Å²) < 4.78 is 44.1. The third-order valence-corrected chi connectivity index (χ3v) is 4.16. The lowest BCUT2D eigenvalue weighted by Gasteiger charge is -2.13. The van der Waals surface area contributed by atoms with Crippen molar-refractivity contribution in [2.45, 2.75) is 12.8 Å². The van der Waals surface area contributed by atoms with E-state index in [2.05, 4.69) is 5.43 Å². The van der Waals surface area contributed by atoms with Gasteiger partial charge in [-0.25, -0.2) is 5.84 Å². The Morgan fingerprint density at radius 3 is 2.36 bits per heavy atom. The Hall–Kier alpha value is -3.32. The summed E-state index contributed by atoms with van der Waals surface area (Å²) in [4.78, 5) is 11.5. The molecule has 0 aliphatic carbocycles. The quantitative estimate of drug-likeness (QED) is 0.384. The lowest BCUT2D eigenvalue weighted by Crippen LogP contribution is -2.29. The van der Waals surface area contributed by atoms with Crippen molar-refractivity contribution in [3.05, 3.63) is 89.5 Å². The zero-order chi connectivity index (χ0) is 20.1. The monoisotopic (exact) mass is 386 g/mol. The van der Waals surface area contributed by atoms with Crippen LogP contribution in [0.1, 0.15) is 21.5 Å². The summed E-state index contributed by atoms with van der Waals surface area (Å²) in [6, 6.07) is 19.0. The second-order valence-corrected chi connectivity index (χ2v) is 6.02. The Bertz CT molecular complexity index is 970. The molecule has 0 saturated carbocycles. The average molecular weight is 386 g/mol. The minimum atomic E-state index is -4.42. The van der Waals surface area contributed by atoms with Crippen molar-refractivity contribution in [1.82, 2.24) is 5.43 Å². The second kappa shape index (κ2) is 8.14. The Morgan fingerprint density at radius 2 is 1.68 bits per heavy atom. The third kappa shape index (κ3) is 4.50. The number of alkyl halides is 3. The van der Waals surface area contributed by atoms with Crippen molar-refractivity contribution in [2.24, 2.45) is 5.84 Å². The number of hydrogen-bond donors (Lipinski definition) is 2. The van der Waals surface area contributed by atoms with Crippen LogP contribution in [0.2, 0.25) is 0 Å². The van der Waals surface area contributed by atoms with Crippen LogP contribution in [0.15, 0.2) is 72.8 Å². The van der Waals surface area contributed by atoms with Crippen LogP contribution in [0.4, 0.5) is 13.2 Å². The van der Waals surface area contributed by atoms with Crippen LogP contribution in [0.25, 0.3) is 11.1 Å². The number of nitrogens with one attached hydrogen (secondary N) is 1. The van der Waals surface area contributed by atoms with Gasteiger partial charge < -0.3 is 4.74 Å². The standard InChI is InChI=1S/C21H17F3N2O2/c22-21(23,24)17-5-3-6-18(12-17)28-13-16-4-1-2-7-19(16)14-8-10-15(11-9-14)20(27)26-25/h1-12H,13,25H2,(H,26,27). The number of hydrogen-bond acceptors (Lipinski definition) is 3. The Morgan fingerprint density at radius 1 is 0.964 bits per heavy atom. The van der Waals surface area contributed by atoms with E-state index in [0.717, 1.165) is 28.8 Å². The molecule has 4 nitrogen and oxygen atoms in total. The summed E-state index contributed by atoms with van der Waals surface area (Å²) >= 11 is 0. The van der Waals surface area contributed by atoms with Crippen molar-refractivity contribution >= 4 is 5.91 Å². The number of halogens is 3. The highest BCUT2D eigenvalue weighted by atomic mass is 19.4. The molecule has 144 valence electrons. The van der Waals surface area contributed by atoms with Crippen LogP contribution in [0, 0.1) is 0 Å². The molecule has 0 aliphatic rings. The number of carbonyl (C=O) groups is 1. The highest BCUT2D eigenvalue weighted by Gasteiger charge is 2.30. The number of nitrogen functional groups attached to an aromatic ring is 1. The summed E-state index contributed by atoms with van der Waals surface area (Å²) in [5.74, 6) is 4.87. The van der Waals surface area contributed by atoms with E-state index in [4.69, 9.17) is 10.6 Å². The highest BCUT2D eigenvalue weighted by molar-refractivity contribution is 5.94. The molecule has 0 heterocycles. The van der Waals surface area contributed by atoms with Crippen molar-refractivity contribution < 1.29 is 22.7 Å². The van der Waals surface area contributed by atoms with Gasteiger partial charge in [-0.3, -0.25) is 10.2 Å². The molecule has 3 aromatic rings. The second-order valence-electron chi connectivity index (χ2n) is 6.02. The molecule has 3 rings (SSSR count). The molecule has 3 N–H and O–H groups in total. The average Bonchev–Trinajstić information content (AvgIpc) is 2.71. The molecule has 7 heteroatoms. The highest BCUT2D eigenvalue weighted by Crippen LogP contribution is 2.32. The van der Waals surface area contributed by atoms with E-state index in [1.807, 2.05) is 24.3 Å². The van der Waals surface area contributed by atoms with Gasteiger partial charge in [0.1, 0.15) is 12.4 Å². The Labute approximate surface area is 159 Å². The molecule has 0 radical (unpaired) electrons. The first-order valence-electron chi connectivity index (χ1n) is 8.38. The van der Waals surface area contributed by atoms with Gasteiger partial charge in [-0.1, -0.05) is 42.5 Å². The molecular formula is C21H17F3N2O2. The minimum Gasteiger partial charge on any atom is -0.489 e. The summed E-state index contributed by atoms with van der Waals surface area (Å²) in [6.07, 6.45) is -4.42. The van der Waals surface area contributed by atoms with Crippen molar-refractivity contribution in [3.63, 3.8) is 0 Å². The van der Waals surface area contributed by atoms with Crippen LogP contribution in [0.3, 0.4) is 0 Å². The lowest BCUT2D eigenvalue weighted by molar-refractivity contribution is -0.137. The summed E-state index contributed by atoms with van der Waals surface area (Å²) in [5, 5.41) is 0. The van der Waals surface area contributed by atoms with Gasteiger partial charge >= 0.3 is 6.18 Å².